The molecule has 2 unspecified atom stereocenters. The fraction of sp³-hybridized carbons (Fsp3) is 0.350. The van der Waals surface area contributed by atoms with Gasteiger partial charge in [0.25, 0.3) is 5.91 Å². The molecule has 0 bridgehead atoms. The first kappa shape index (κ1) is 21.7. The Kier molecular flexibility index (Phi) is 6.28. The summed E-state index contributed by atoms with van der Waals surface area (Å²) in [7, 11) is -4.16. The van der Waals surface area contributed by atoms with Crippen LogP contribution in [-0.2, 0) is 16.4 Å². The van der Waals surface area contributed by atoms with Crippen molar-refractivity contribution in [2.24, 2.45) is 5.92 Å². The lowest BCUT2D eigenvalue weighted by Crippen LogP contribution is -2.34. The maximum atomic E-state index is 14.3. The normalized spacial score (nSPS) is 18.7. The minimum atomic E-state index is -4.16. The minimum absolute atomic E-state index is 0.0202. The van der Waals surface area contributed by atoms with Crippen molar-refractivity contribution in [3.63, 3.8) is 0 Å². The molecule has 2 aromatic carbocycles. The maximum Gasteiger partial charge on any atom is 0.253 e. The average Bonchev–Trinajstić information content (AvgIpc) is 2.95. The van der Waals surface area contributed by atoms with Crippen LogP contribution in [0.15, 0.2) is 41.3 Å². The highest BCUT2D eigenvalue weighted by molar-refractivity contribution is 7.89. The standard InChI is InChI=1S/C20H22ClFN2O4S/c1-11(2)10-23-29(27,28)18-8-14(15(21)9-16(18)22)20(26)24-19-13-6-4-3-5-12(13)7-17(19)25/h3-6,8-9,11,17,19,23,25H,7,10H2,1-2H3,(H,24,26). The lowest BCUT2D eigenvalue weighted by Gasteiger charge is -2.19. The van der Waals surface area contributed by atoms with Gasteiger partial charge in [-0.15, -0.1) is 0 Å². The number of halogens is 2. The molecule has 0 heterocycles. The van der Waals surface area contributed by atoms with Crippen LogP contribution >= 0.6 is 11.6 Å². The number of sulfonamides is 1. The zero-order valence-corrected chi connectivity index (χ0v) is 17.5. The van der Waals surface area contributed by atoms with Gasteiger partial charge >= 0.3 is 0 Å². The molecule has 9 heteroatoms. The summed E-state index contributed by atoms with van der Waals surface area (Å²) in [5.41, 5.74) is 1.50. The van der Waals surface area contributed by atoms with Gasteiger partial charge in [0.05, 0.1) is 22.7 Å². The molecule has 3 N–H and O–H groups in total. The number of fused-ring (bicyclic) bond motifs is 1. The molecule has 29 heavy (non-hydrogen) atoms. The Morgan fingerprint density at radius 1 is 1.31 bits per heavy atom. The number of aliphatic hydroxyl groups excluding tert-OH is 1. The van der Waals surface area contributed by atoms with E-state index >= 15 is 0 Å². The van der Waals surface area contributed by atoms with Crippen molar-refractivity contribution < 1.29 is 22.7 Å². The SMILES string of the molecule is CC(C)CNS(=O)(=O)c1cc(C(=O)NC2c3ccccc3CC2O)c(Cl)cc1F. The number of hydrogen-bond acceptors (Lipinski definition) is 4. The molecule has 1 aliphatic rings. The summed E-state index contributed by atoms with van der Waals surface area (Å²) >= 11 is 6.02. The van der Waals surface area contributed by atoms with Crippen molar-refractivity contribution in [3.8, 4) is 0 Å². The zero-order chi connectivity index (χ0) is 21.3. The van der Waals surface area contributed by atoms with Gasteiger partial charge in [0, 0.05) is 13.0 Å². The zero-order valence-electron chi connectivity index (χ0n) is 15.9. The van der Waals surface area contributed by atoms with Crippen molar-refractivity contribution >= 4 is 27.5 Å². The van der Waals surface area contributed by atoms with E-state index < -0.39 is 38.8 Å². The molecule has 156 valence electrons. The van der Waals surface area contributed by atoms with E-state index in [1.54, 1.807) is 12.1 Å². The Morgan fingerprint density at radius 3 is 2.69 bits per heavy atom. The third-order valence-corrected chi connectivity index (χ3v) is 6.48. The fourth-order valence-corrected chi connectivity index (χ4v) is 4.76. The van der Waals surface area contributed by atoms with Gasteiger partial charge < -0.3 is 10.4 Å². The topological polar surface area (TPSA) is 95.5 Å². The van der Waals surface area contributed by atoms with Crippen LogP contribution in [0.1, 0.15) is 41.4 Å². The van der Waals surface area contributed by atoms with Crippen LogP contribution in [0.5, 0.6) is 0 Å². The van der Waals surface area contributed by atoms with Crippen LogP contribution in [0, 0.1) is 11.7 Å². The Bertz CT molecular complexity index is 1040. The molecular weight excluding hydrogens is 419 g/mol. The van der Waals surface area contributed by atoms with E-state index in [2.05, 4.69) is 10.0 Å². The van der Waals surface area contributed by atoms with E-state index in [1.165, 1.54) is 0 Å². The number of aliphatic hydroxyl groups is 1. The summed E-state index contributed by atoms with van der Waals surface area (Å²) in [5, 5.41) is 12.8. The largest absolute Gasteiger partial charge is 0.390 e. The van der Waals surface area contributed by atoms with E-state index in [4.69, 9.17) is 11.6 Å². The van der Waals surface area contributed by atoms with Gasteiger partial charge in [-0.05, 0) is 29.2 Å². The van der Waals surface area contributed by atoms with Gasteiger partial charge in [0.15, 0.2) is 0 Å². The second-order valence-electron chi connectivity index (χ2n) is 7.43. The summed E-state index contributed by atoms with van der Waals surface area (Å²) in [4.78, 5) is 12.1. The minimum Gasteiger partial charge on any atom is -0.390 e. The number of rotatable bonds is 6. The fourth-order valence-electron chi connectivity index (χ4n) is 3.23. The summed E-state index contributed by atoms with van der Waals surface area (Å²) in [6, 6.07) is 8.36. The molecule has 0 saturated carbocycles. The van der Waals surface area contributed by atoms with E-state index in [9.17, 15) is 22.7 Å². The van der Waals surface area contributed by atoms with Crippen molar-refractivity contribution in [1.29, 1.82) is 0 Å². The van der Waals surface area contributed by atoms with Gasteiger partial charge in [-0.3, -0.25) is 4.79 Å². The Balaban J connectivity index is 1.90. The predicted octanol–water partition coefficient (Wildman–Crippen LogP) is 2.80. The van der Waals surface area contributed by atoms with Crippen molar-refractivity contribution in [2.45, 2.75) is 37.3 Å². The number of carbonyl (C=O) groups excluding carboxylic acids is 1. The van der Waals surface area contributed by atoms with Crippen LogP contribution in [0.3, 0.4) is 0 Å². The quantitative estimate of drug-likeness (QED) is 0.643. The predicted molar refractivity (Wildman–Crippen MR) is 108 cm³/mol. The summed E-state index contributed by atoms with van der Waals surface area (Å²) < 4.78 is 41.5. The summed E-state index contributed by atoms with van der Waals surface area (Å²) in [6.45, 7) is 3.74. The number of benzene rings is 2. The molecule has 2 aromatic rings. The smallest absolute Gasteiger partial charge is 0.253 e. The Labute approximate surface area is 174 Å². The molecule has 0 aromatic heterocycles. The Hall–Kier alpha value is -2.00. The first-order chi connectivity index (χ1) is 13.6. The lowest BCUT2D eigenvalue weighted by molar-refractivity contribution is 0.0858. The molecule has 0 radical (unpaired) electrons. The van der Waals surface area contributed by atoms with Crippen molar-refractivity contribution in [2.75, 3.05) is 6.54 Å². The van der Waals surface area contributed by atoms with E-state index in [0.29, 0.717) is 6.42 Å². The van der Waals surface area contributed by atoms with Crippen LogP contribution in [0.4, 0.5) is 4.39 Å². The highest BCUT2D eigenvalue weighted by Gasteiger charge is 2.33. The molecule has 0 aliphatic heterocycles. The second-order valence-corrected chi connectivity index (χ2v) is 9.57. The van der Waals surface area contributed by atoms with E-state index in [1.807, 2.05) is 26.0 Å². The van der Waals surface area contributed by atoms with Crippen molar-refractivity contribution in [3.05, 3.63) is 63.9 Å². The highest BCUT2D eigenvalue weighted by Crippen LogP contribution is 2.32. The van der Waals surface area contributed by atoms with Gasteiger partial charge in [0.2, 0.25) is 10.0 Å². The number of amides is 1. The highest BCUT2D eigenvalue weighted by atomic mass is 35.5. The molecule has 1 aliphatic carbocycles. The molecule has 2 atom stereocenters. The third kappa shape index (κ3) is 4.61. The van der Waals surface area contributed by atoms with Crippen molar-refractivity contribution in [1.82, 2.24) is 10.0 Å². The molecule has 1 amide bonds. The molecule has 6 nitrogen and oxygen atoms in total. The Morgan fingerprint density at radius 2 is 2.00 bits per heavy atom. The third-order valence-electron chi connectivity index (χ3n) is 4.73. The number of carbonyl (C=O) groups is 1. The van der Waals surface area contributed by atoms with E-state index in [0.717, 1.165) is 23.3 Å². The van der Waals surface area contributed by atoms with Crippen LogP contribution in [-0.4, -0.2) is 32.1 Å². The number of hydrogen-bond donors (Lipinski definition) is 3. The van der Waals surface area contributed by atoms with Gasteiger partial charge in [-0.1, -0.05) is 49.7 Å². The summed E-state index contributed by atoms with van der Waals surface area (Å²) in [5.74, 6) is -1.73. The first-order valence-corrected chi connectivity index (χ1v) is 11.0. The maximum absolute atomic E-state index is 14.3. The molecular formula is C20H22ClFN2O4S. The first-order valence-electron chi connectivity index (χ1n) is 9.15. The van der Waals surface area contributed by atoms with Crippen LogP contribution < -0.4 is 10.0 Å². The molecule has 0 spiro atoms. The average molecular weight is 441 g/mol. The van der Waals surface area contributed by atoms with E-state index in [-0.39, 0.29) is 23.0 Å². The molecule has 0 fully saturated rings. The lowest BCUT2D eigenvalue weighted by atomic mass is 10.1. The summed E-state index contributed by atoms with van der Waals surface area (Å²) in [6.07, 6.45) is -0.441. The monoisotopic (exact) mass is 440 g/mol. The van der Waals surface area contributed by atoms with Gasteiger partial charge in [-0.25, -0.2) is 17.5 Å². The van der Waals surface area contributed by atoms with Crippen LogP contribution in [0.25, 0.3) is 0 Å². The number of nitrogens with one attached hydrogen (secondary N) is 2. The molecule has 3 rings (SSSR count). The van der Waals surface area contributed by atoms with Gasteiger partial charge in [-0.2, -0.15) is 0 Å². The second kappa shape index (κ2) is 8.39. The molecule has 0 saturated heterocycles. The van der Waals surface area contributed by atoms with Crippen LogP contribution in [0.2, 0.25) is 5.02 Å². The van der Waals surface area contributed by atoms with Gasteiger partial charge in [0.1, 0.15) is 10.7 Å².